The summed E-state index contributed by atoms with van der Waals surface area (Å²) in [4.78, 5) is 2.33. The molecular formula is C17H28N2O5. The summed E-state index contributed by atoms with van der Waals surface area (Å²) in [6, 6.07) is 5.76. The highest BCUT2D eigenvalue weighted by molar-refractivity contribution is 5.54. The molecule has 1 aromatic rings. The number of hydrogen-bond acceptors (Lipinski definition) is 7. The molecule has 0 amide bonds. The summed E-state index contributed by atoms with van der Waals surface area (Å²) in [5, 5.41) is 3.27. The first-order chi connectivity index (χ1) is 11.8. The van der Waals surface area contributed by atoms with E-state index < -0.39 is 0 Å². The van der Waals surface area contributed by atoms with E-state index in [9.17, 15) is 0 Å². The van der Waals surface area contributed by atoms with Gasteiger partial charge in [-0.05, 0) is 12.1 Å². The molecule has 1 fully saturated rings. The van der Waals surface area contributed by atoms with Crippen molar-refractivity contribution in [3.05, 3.63) is 18.2 Å². The Morgan fingerprint density at radius 1 is 1.12 bits per heavy atom. The Labute approximate surface area is 143 Å². The van der Waals surface area contributed by atoms with Crippen molar-refractivity contribution in [2.24, 2.45) is 0 Å². The van der Waals surface area contributed by atoms with Crippen molar-refractivity contribution >= 4 is 5.69 Å². The third kappa shape index (κ3) is 5.83. The molecule has 7 heteroatoms. The summed E-state index contributed by atoms with van der Waals surface area (Å²) in [6.45, 7) is 5.53. The van der Waals surface area contributed by atoms with Gasteiger partial charge in [0.15, 0.2) is 17.8 Å². The fraction of sp³-hybridized carbons (Fsp3) is 0.647. The Morgan fingerprint density at radius 3 is 2.54 bits per heavy atom. The van der Waals surface area contributed by atoms with Gasteiger partial charge in [0, 0.05) is 45.6 Å². The molecule has 1 saturated heterocycles. The van der Waals surface area contributed by atoms with Gasteiger partial charge in [0.2, 0.25) is 0 Å². The van der Waals surface area contributed by atoms with Gasteiger partial charge in [0.1, 0.15) is 6.61 Å². The number of ether oxygens (including phenoxy) is 5. The number of rotatable bonds is 10. The summed E-state index contributed by atoms with van der Waals surface area (Å²) < 4.78 is 27.0. The molecular weight excluding hydrogens is 312 g/mol. The second kappa shape index (κ2) is 10.4. The number of nitrogens with one attached hydrogen (secondary N) is 1. The van der Waals surface area contributed by atoms with E-state index in [1.54, 1.807) is 21.3 Å². The Balaban J connectivity index is 1.87. The normalized spacial score (nSPS) is 15.5. The predicted octanol–water partition coefficient (Wildman–Crippen LogP) is 1.44. The molecule has 0 spiro atoms. The van der Waals surface area contributed by atoms with Crippen LogP contribution in [0, 0.1) is 0 Å². The smallest absolute Gasteiger partial charge is 0.173 e. The number of hydrogen-bond donors (Lipinski definition) is 1. The van der Waals surface area contributed by atoms with E-state index >= 15 is 0 Å². The molecule has 24 heavy (non-hydrogen) atoms. The average molecular weight is 340 g/mol. The molecule has 136 valence electrons. The third-order valence-electron chi connectivity index (χ3n) is 3.93. The largest absolute Gasteiger partial charge is 0.493 e. The van der Waals surface area contributed by atoms with Crippen LogP contribution < -0.4 is 14.8 Å². The van der Waals surface area contributed by atoms with E-state index in [4.69, 9.17) is 23.7 Å². The van der Waals surface area contributed by atoms with Gasteiger partial charge in [-0.15, -0.1) is 0 Å². The summed E-state index contributed by atoms with van der Waals surface area (Å²) >= 11 is 0. The molecule has 0 atom stereocenters. The fourth-order valence-electron chi connectivity index (χ4n) is 2.47. The molecule has 0 bridgehead atoms. The summed E-state index contributed by atoms with van der Waals surface area (Å²) in [7, 11) is 4.87. The maximum Gasteiger partial charge on any atom is 0.173 e. The molecule has 2 rings (SSSR count). The molecule has 1 N–H and O–H groups in total. The zero-order valence-corrected chi connectivity index (χ0v) is 14.7. The molecule has 1 heterocycles. The zero-order valence-electron chi connectivity index (χ0n) is 14.7. The lowest BCUT2D eigenvalue weighted by atomic mass is 10.2. The molecule has 1 aliphatic heterocycles. The van der Waals surface area contributed by atoms with Crippen LogP contribution in [0.2, 0.25) is 0 Å². The Morgan fingerprint density at radius 2 is 1.88 bits per heavy atom. The SMILES string of the molecule is COc1ccc(NCC(OC)OC)cc1OCCN1CCOCC1. The molecule has 1 aliphatic rings. The molecule has 0 unspecified atom stereocenters. The Hall–Kier alpha value is -1.54. The van der Waals surface area contributed by atoms with E-state index in [-0.39, 0.29) is 6.29 Å². The van der Waals surface area contributed by atoms with E-state index in [1.807, 2.05) is 18.2 Å². The van der Waals surface area contributed by atoms with Crippen molar-refractivity contribution in [1.29, 1.82) is 0 Å². The third-order valence-corrected chi connectivity index (χ3v) is 3.93. The number of methoxy groups -OCH3 is 3. The van der Waals surface area contributed by atoms with E-state index in [2.05, 4.69) is 10.2 Å². The highest BCUT2D eigenvalue weighted by Crippen LogP contribution is 2.30. The molecule has 7 nitrogen and oxygen atoms in total. The van der Waals surface area contributed by atoms with Crippen molar-refractivity contribution in [2.45, 2.75) is 6.29 Å². The van der Waals surface area contributed by atoms with Gasteiger partial charge in [-0.1, -0.05) is 0 Å². The van der Waals surface area contributed by atoms with Gasteiger partial charge >= 0.3 is 0 Å². The quantitative estimate of drug-likeness (QED) is 0.647. The van der Waals surface area contributed by atoms with Crippen LogP contribution in [-0.4, -0.2) is 78.5 Å². The van der Waals surface area contributed by atoms with Crippen molar-refractivity contribution < 1.29 is 23.7 Å². The minimum Gasteiger partial charge on any atom is -0.493 e. The van der Waals surface area contributed by atoms with Gasteiger partial charge in [0.05, 0.1) is 26.9 Å². The maximum atomic E-state index is 5.92. The lowest BCUT2D eigenvalue weighted by Crippen LogP contribution is -2.38. The van der Waals surface area contributed by atoms with Crippen LogP contribution >= 0.6 is 0 Å². The standard InChI is InChI=1S/C17H28N2O5/c1-20-15-5-4-14(18-13-17(21-2)22-3)12-16(15)24-11-8-19-6-9-23-10-7-19/h4-5,12,17-18H,6-11,13H2,1-3H3. The number of morpholine rings is 1. The van der Waals surface area contributed by atoms with Crippen LogP contribution in [0.3, 0.4) is 0 Å². The Kier molecular flexibility index (Phi) is 8.11. The van der Waals surface area contributed by atoms with Crippen LogP contribution in [-0.2, 0) is 14.2 Å². The van der Waals surface area contributed by atoms with Gasteiger partial charge in [-0.2, -0.15) is 0 Å². The van der Waals surface area contributed by atoms with Crippen molar-refractivity contribution in [3.8, 4) is 11.5 Å². The van der Waals surface area contributed by atoms with E-state index in [0.717, 1.165) is 50.0 Å². The first-order valence-electron chi connectivity index (χ1n) is 8.17. The van der Waals surface area contributed by atoms with Gasteiger partial charge < -0.3 is 29.0 Å². The van der Waals surface area contributed by atoms with Crippen LogP contribution in [0.15, 0.2) is 18.2 Å². The first kappa shape index (κ1) is 18.8. The first-order valence-corrected chi connectivity index (χ1v) is 8.17. The lowest BCUT2D eigenvalue weighted by molar-refractivity contribution is -0.0914. The van der Waals surface area contributed by atoms with Gasteiger partial charge in [-0.3, -0.25) is 4.90 Å². The molecule has 0 saturated carbocycles. The van der Waals surface area contributed by atoms with Crippen molar-refractivity contribution in [2.75, 3.05) is 72.6 Å². The second-order valence-corrected chi connectivity index (χ2v) is 5.45. The molecule has 0 aromatic heterocycles. The monoisotopic (exact) mass is 340 g/mol. The minimum atomic E-state index is -0.294. The summed E-state index contributed by atoms with van der Waals surface area (Å²) in [5.74, 6) is 1.44. The van der Waals surface area contributed by atoms with Crippen LogP contribution in [0.4, 0.5) is 5.69 Å². The lowest BCUT2D eigenvalue weighted by Gasteiger charge is -2.26. The van der Waals surface area contributed by atoms with Crippen LogP contribution in [0.25, 0.3) is 0 Å². The highest BCUT2D eigenvalue weighted by atomic mass is 16.7. The zero-order chi connectivity index (χ0) is 17.2. The number of nitrogens with zero attached hydrogens (tertiary/aromatic N) is 1. The average Bonchev–Trinajstić information content (AvgIpc) is 2.63. The molecule has 0 aliphatic carbocycles. The highest BCUT2D eigenvalue weighted by Gasteiger charge is 2.12. The second-order valence-electron chi connectivity index (χ2n) is 5.45. The minimum absolute atomic E-state index is 0.294. The number of anilines is 1. The number of benzene rings is 1. The van der Waals surface area contributed by atoms with Crippen molar-refractivity contribution in [3.63, 3.8) is 0 Å². The fourth-order valence-corrected chi connectivity index (χ4v) is 2.47. The summed E-state index contributed by atoms with van der Waals surface area (Å²) in [6.07, 6.45) is -0.294. The summed E-state index contributed by atoms with van der Waals surface area (Å²) in [5.41, 5.74) is 0.927. The van der Waals surface area contributed by atoms with Crippen molar-refractivity contribution in [1.82, 2.24) is 4.90 Å². The maximum absolute atomic E-state index is 5.92. The Bertz CT molecular complexity index is 476. The molecule has 1 aromatic carbocycles. The van der Waals surface area contributed by atoms with E-state index in [0.29, 0.717) is 13.2 Å². The van der Waals surface area contributed by atoms with Gasteiger partial charge in [0.25, 0.3) is 0 Å². The van der Waals surface area contributed by atoms with Crippen LogP contribution in [0.5, 0.6) is 11.5 Å². The van der Waals surface area contributed by atoms with E-state index in [1.165, 1.54) is 0 Å². The topological polar surface area (TPSA) is 61.4 Å². The molecule has 0 radical (unpaired) electrons. The van der Waals surface area contributed by atoms with Gasteiger partial charge in [-0.25, -0.2) is 0 Å². The van der Waals surface area contributed by atoms with Crippen LogP contribution in [0.1, 0.15) is 0 Å². The predicted molar refractivity (Wildman–Crippen MR) is 92.0 cm³/mol.